The van der Waals surface area contributed by atoms with E-state index in [0.717, 1.165) is 17.5 Å². The lowest BCUT2D eigenvalue weighted by molar-refractivity contribution is -0.137. The van der Waals surface area contributed by atoms with Crippen molar-refractivity contribution in [2.75, 3.05) is 6.54 Å². The van der Waals surface area contributed by atoms with E-state index in [9.17, 15) is 13.2 Å². The van der Waals surface area contributed by atoms with Crippen LogP contribution in [0.1, 0.15) is 30.4 Å². The molecule has 0 amide bonds. The van der Waals surface area contributed by atoms with Gasteiger partial charge in [-0.3, -0.25) is 4.79 Å². The van der Waals surface area contributed by atoms with Crippen molar-refractivity contribution in [2.45, 2.75) is 38.0 Å². The van der Waals surface area contributed by atoms with Crippen LogP contribution < -0.4 is 0 Å². The fourth-order valence-electron chi connectivity index (χ4n) is 2.56. The second kappa shape index (κ2) is 5.93. The van der Waals surface area contributed by atoms with Crippen LogP contribution in [-0.2, 0) is 20.6 Å². The lowest BCUT2D eigenvalue weighted by Crippen LogP contribution is -2.37. The molecule has 1 aromatic carbocycles. The van der Waals surface area contributed by atoms with Crippen molar-refractivity contribution < 1.29 is 18.3 Å². The fraction of sp³-hybridized carbons (Fsp3) is 0.500. The molecule has 1 heterocycles. The Bertz CT molecular complexity index is 580. The third-order valence-electron chi connectivity index (χ3n) is 3.56. The first kappa shape index (κ1) is 15.0. The van der Waals surface area contributed by atoms with Crippen molar-refractivity contribution in [2.24, 2.45) is 0 Å². The number of hydrogen-bond donors (Lipinski definition) is 1. The molecule has 110 valence electrons. The van der Waals surface area contributed by atoms with Gasteiger partial charge in [-0.2, -0.15) is 4.31 Å². The van der Waals surface area contributed by atoms with Crippen LogP contribution >= 0.6 is 0 Å². The molecule has 1 saturated heterocycles. The maximum atomic E-state index is 12.4. The molecule has 0 saturated carbocycles. The number of hydrogen-bond acceptors (Lipinski definition) is 3. The van der Waals surface area contributed by atoms with Crippen molar-refractivity contribution in [1.29, 1.82) is 0 Å². The molecular weight excluding hydrogens is 278 g/mol. The molecule has 1 aliphatic heterocycles. The lowest BCUT2D eigenvalue weighted by atomic mass is 10.2. The van der Waals surface area contributed by atoms with Crippen molar-refractivity contribution in [3.8, 4) is 0 Å². The molecule has 5 nitrogen and oxygen atoms in total. The van der Waals surface area contributed by atoms with Gasteiger partial charge in [-0.05, 0) is 25.3 Å². The van der Waals surface area contributed by atoms with E-state index in [2.05, 4.69) is 0 Å². The summed E-state index contributed by atoms with van der Waals surface area (Å²) in [6.07, 6.45) is 1.23. The number of nitrogens with zero attached hydrogens (tertiary/aromatic N) is 1. The minimum atomic E-state index is -3.45. The Morgan fingerprint density at radius 2 is 2.00 bits per heavy atom. The van der Waals surface area contributed by atoms with Gasteiger partial charge < -0.3 is 5.11 Å². The van der Waals surface area contributed by atoms with Gasteiger partial charge in [0.15, 0.2) is 0 Å². The van der Waals surface area contributed by atoms with E-state index in [1.807, 2.05) is 19.1 Å². The topological polar surface area (TPSA) is 74.7 Å². The summed E-state index contributed by atoms with van der Waals surface area (Å²) in [6, 6.07) is 6.96. The first-order chi connectivity index (χ1) is 9.38. The smallest absolute Gasteiger partial charge is 0.304 e. The van der Waals surface area contributed by atoms with E-state index in [0.29, 0.717) is 13.0 Å². The molecule has 0 aromatic heterocycles. The summed E-state index contributed by atoms with van der Waals surface area (Å²) >= 11 is 0. The van der Waals surface area contributed by atoms with Crippen LogP contribution in [0, 0.1) is 6.92 Å². The molecule has 2 rings (SSSR count). The van der Waals surface area contributed by atoms with Crippen LogP contribution in [-0.4, -0.2) is 36.4 Å². The third-order valence-corrected chi connectivity index (χ3v) is 5.45. The van der Waals surface area contributed by atoms with Crippen LogP contribution in [0.2, 0.25) is 0 Å². The molecule has 1 N–H and O–H groups in total. The number of carboxylic acids is 1. The Kier molecular flexibility index (Phi) is 4.45. The summed E-state index contributed by atoms with van der Waals surface area (Å²) in [5.74, 6) is -1.02. The Morgan fingerprint density at radius 1 is 1.35 bits per heavy atom. The zero-order chi connectivity index (χ0) is 14.8. The SMILES string of the molecule is Cc1ccc(CS(=O)(=O)N2CCCC2CC(=O)O)cc1. The molecule has 0 bridgehead atoms. The van der Waals surface area contributed by atoms with Gasteiger partial charge in [0.25, 0.3) is 0 Å². The molecule has 0 aliphatic carbocycles. The minimum absolute atomic E-state index is 0.0661. The van der Waals surface area contributed by atoms with Crippen LogP contribution in [0.5, 0.6) is 0 Å². The van der Waals surface area contributed by atoms with Gasteiger partial charge in [0.2, 0.25) is 10.0 Å². The number of carbonyl (C=O) groups is 1. The molecule has 0 spiro atoms. The van der Waals surface area contributed by atoms with E-state index >= 15 is 0 Å². The number of rotatable bonds is 5. The predicted molar refractivity (Wildman–Crippen MR) is 75.8 cm³/mol. The average Bonchev–Trinajstić information content (AvgIpc) is 2.80. The number of carboxylic acid groups (broad SMARTS) is 1. The number of aliphatic carboxylic acids is 1. The second-order valence-corrected chi connectivity index (χ2v) is 7.17. The molecule has 20 heavy (non-hydrogen) atoms. The second-order valence-electron chi connectivity index (χ2n) is 5.25. The van der Waals surface area contributed by atoms with Gasteiger partial charge in [0.05, 0.1) is 12.2 Å². The average molecular weight is 297 g/mol. The summed E-state index contributed by atoms with van der Waals surface area (Å²) in [4.78, 5) is 10.8. The summed E-state index contributed by atoms with van der Waals surface area (Å²) in [7, 11) is -3.45. The monoisotopic (exact) mass is 297 g/mol. The Balaban J connectivity index is 2.13. The zero-order valence-electron chi connectivity index (χ0n) is 11.4. The number of aryl methyl sites for hydroxylation is 1. The standard InChI is InChI=1S/C14H19NO4S/c1-11-4-6-12(7-5-11)10-20(18,19)15-8-2-3-13(15)9-14(16)17/h4-7,13H,2-3,8-10H2,1H3,(H,16,17). The van der Waals surface area contributed by atoms with Gasteiger partial charge in [-0.25, -0.2) is 8.42 Å². The maximum absolute atomic E-state index is 12.4. The molecule has 1 aliphatic rings. The lowest BCUT2D eigenvalue weighted by Gasteiger charge is -2.22. The van der Waals surface area contributed by atoms with E-state index in [1.165, 1.54) is 4.31 Å². The van der Waals surface area contributed by atoms with Crippen molar-refractivity contribution in [1.82, 2.24) is 4.31 Å². The van der Waals surface area contributed by atoms with Crippen LogP contribution in [0.4, 0.5) is 0 Å². The Hall–Kier alpha value is -1.40. The Morgan fingerprint density at radius 3 is 2.60 bits per heavy atom. The minimum Gasteiger partial charge on any atom is -0.481 e. The fourth-order valence-corrected chi connectivity index (χ4v) is 4.38. The van der Waals surface area contributed by atoms with Crippen LogP contribution in [0.15, 0.2) is 24.3 Å². The van der Waals surface area contributed by atoms with E-state index < -0.39 is 22.0 Å². The van der Waals surface area contributed by atoms with Gasteiger partial charge in [0.1, 0.15) is 0 Å². The summed E-state index contributed by atoms with van der Waals surface area (Å²) in [5.41, 5.74) is 1.81. The molecule has 0 radical (unpaired) electrons. The van der Waals surface area contributed by atoms with Crippen LogP contribution in [0.3, 0.4) is 0 Å². The highest BCUT2D eigenvalue weighted by atomic mass is 32.2. The van der Waals surface area contributed by atoms with Crippen molar-refractivity contribution >= 4 is 16.0 Å². The Labute approximate surface area is 119 Å². The number of sulfonamides is 1. The third kappa shape index (κ3) is 3.58. The largest absolute Gasteiger partial charge is 0.481 e. The van der Waals surface area contributed by atoms with Crippen molar-refractivity contribution in [3.05, 3.63) is 35.4 Å². The van der Waals surface area contributed by atoms with E-state index in [-0.39, 0.29) is 12.2 Å². The number of benzene rings is 1. The van der Waals surface area contributed by atoms with Gasteiger partial charge >= 0.3 is 5.97 Å². The van der Waals surface area contributed by atoms with E-state index in [1.54, 1.807) is 12.1 Å². The van der Waals surface area contributed by atoms with Gasteiger partial charge in [-0.1, -0.05) is 29.8 Å². The maximum Gasteiger partial charge on any atom is 0.304 e. The molecular formula is C14H19NO4S. The highest BCUT2D eigenvalue weighted by molar-refractivity contribution is 7.88. The quantitative estimate of drug-likeness (QED) is 0.898. The molecule has 1 fully saturated rings. The molecule has 1 unspecified atom stereocenters. The van der Waals surface area contributed by atoms with Gasteiger partial charge in [-0.15, -0.1) is 0 Å². The molecule has 1 aromatic rings. The predicted octanol–water partition coefficient (Wildman–Crippen LogP) is 1.76. The van der Waals surface area contributed by atoms with Crippen LogP contribution in [0.25, 0.3) is 0 Å². The zero-order valence-corrected chi connectivity index (χ0v) is 12.3. The van der Waals surface area contributed by atoms with Gasteiger partial charge in [0, 0.05) is 12.6 Å². The first-order valence-electron chi connectivity index (χ1n) is 6.65. The molecule has 6 heteroatoms. The first-order valence-corrected chi connectivity index (χ1v) is 8.26. The summed E-state index contributed by atoms with van der Waals surface area (Å²) in [5, 5.41) is 8.86. The normalized spacial score (nSPS) is 20.1. The van der Waals surface area contributed by atoms with E-state index in [4.69, 9.17) is 5.11 Å². The molecule has 1 atom stereocenters. The highest BCUT2D eigenvalue weighted by Crippen LogP contribution is 2.25. The highest BCUT2D eigenvalue weighted by Gasteiger charge is 2.35. The summed E-state index contributed by atoms with van der Waals surface area (Å²) in [6.45, 7) is 2.37. The van der Waals surface area contributed by atoms with Crippen molar-refractivity contribution in [3.63, 3.8) is 0 Å². The summed E-state index contributed by atoms with van der Waals surface area (Å²) < 4.78 is 26.2.